The Labute approximate surface area is 210 Å². The summed E-state index contributed by atoms with van der Waals surface area (Å²) in [5.74, 6) is 0.968. The minimum Gasteiger partial charge on any atom is -0.330 e. The zero-order chi connectivity index (χ0) is 24.9. The van der Waals surface area contributed by atoms with E-state index in [-0.39, 0.29) is 11.9 Å². The van der Waals surface area contributed by atoms with Gasteiger partial charge in [-0.15, -0.1) is 0 Å². The van der Waals surface area contributed by atoms with Crippen LogP contribution in [0.1, 0.15) is 31.2 Å². The normalized spacial score (nSPS) is 18.3. The van der Waals surface area contributed by atoms with Gasteiger partial charge in [0.1, 0.15) is 11.4 Å². The number of aryl methyl sites for hydroxylation is 1. The molecule has 2 aliphatic heterocycles. The van der Waals surface area contributed by atoms with E-state index >= 15 is 0 Å². The van der Waals surface area contributed by atoms with E-state index in [1.54, 1.807) is 0 Å². The number of nitrogens with zero attached hydrogens (tertiary/aromatic N) is 5. The Bertz CT molecular complexity index is 1460. The maximum absolute atomic E-state index is 13.9. The summed E-state index contributed by atoms with van der Waals surface area (Å²) in [6.07, 6.45) is 1.28. The number of imide groups is 1. The smallest absolute Gasteiger partial charge is 0.327 e. The molecule has 36 heavy (non-hydrogen) atoms. The first-order chi connectivity index (χ1) is 17.5. The molecule has 0 N–H and O–H groups in total. The van der Waals surface area contributed by atoms with Crippen molar-refractivity contribution < 1.29 is 9.59 Å². The van der Waals surface area contributed by atoms with E-state index in [4.69, 9.17) is 4.98 Å². The van der Waals surface area contributed by atoms with Crippen molar-refractivity contribution in [1.82, 2.24) is 24.3 Å². The van der Waals surface area contributed by atoms with Crippen molar-refractivity contribution in [2.24, 2.45) is 7.05 Å². The Balaban J connectivity index is 1.21. The molecule has 0 bridgehead atoms. The maximum Gasteiger partial charge on any atom is 0.327 e. The first kappa shape index (κ1) is 22.7. The van der Waals surface area contributed by atoms with E-state index < -0.39 is 5.54 Å². The monoisotopic (exact) mass is 481 g/mol. The minimum absolute atomic E-state index is 0.0512. The quantitative estimate of drug-likeness (QED) is 0.393. The minimum atomic E-state index is -0.751. The van der Waals surface area contributed by atoms with Crippen LogP contribution in [0.2, 0.25) is 0 Å². The van der Waals surface area contributed by atoms with Crippen molar-refractivity contribution in [3.8, 4) is 0 Å². The van der Waals surface area contributed by atoms with Gasteiger partial charge < -0.3 is 9.47 Å². The molecule has 3 amide bonds. The lowest BCUT2D eigenvalue weighted by atomic mass is 9.85. The van der Waals surface area contributed by atoms with Crippen molar-refractivity contribution in [1.29, 1.82) is 0 Å². The van der Waals surface area contributed by atoms with Crippen LogP contribution in [0, 0.1) is 0 Å². The van der Waals surface area contributed by atoms with E-state index in [0.29, 0.717) is 25.9 Å². The Kier molecular flexibility index (Phi) is 5.52. The van der Waals surface area contributed by atoms with Crippen LogP contribution >= 0.6 is 0 Å². The molecule has 2 aliphatic rings. The number of urea groups is 1. The van der Waals surface area contributed by atoms with Crippen LogP contribution < -0.4 is 0 Å². The third-order valence-electron chi connectivity index (χ3n) is 8.07. The summed E-state index contributed by atoms with van der Waals surface area (Å²) in [4.78, 5) is 37.8. The predicted octanol–water partition coefficient (Wildman–Crippen LogP) is 4.55. The summed E-state index contributed by atoms with van der Waals surface area (Å²) >= 11 is 0. The zero-order valence-electron chi connectivity index (χ0n) is 20.9. The van der Waals surface area contributed by atoms with Crippen LogP contribution in [0.15, 0.2) is 66.7 Å². The molecule has 0 aliphatic carbocycles. The first-order valence-corrected chi connectivity index (χ1v) is 12.7. The fourth-order valence-electron chi connectivity index (χ4n) is 6.06. The van der Waals surface area contributed by atoms with Gasteiger partial charge in [-0.05, 0) is 48.2 Å². The summed E-state index contributed by atoms with van der Waals surface area (Å²) in [6, 6.07) is 22.2. The molecule has 0 saturated carbocycles. The molecule has 6 rings (SSSR count). The highest BCUT2D eigenvalue weighted by molar-refractivity contribution is 6.07. The average molecular weight is 482 g/mol. The number of piperidine rings is 1. The van der Waals surface area contributed by atoms with Gasteiger partial charge in [0.15, 0.2) is 0 Å². The van der Waals surface area contributed by atoms with Gasteiger partial charge in [0.05, 0.1) is 24.1 Å². The molecular weight excluding hydrogens is 450 g/mol. The number of imidazole rings is 1. The highest BCUT2D eigenvalue weighted by Crippen LogP contribution is 2.38. The fourth-order valence-corrected chi connectivity index (χ4v) is 6.06. The molecule has 7 nitrogen and oxygen atoms in total. The fraction of sp³-hybridized carbons (Fsp3) is 0.345. The molecule has 3 heterocycles. The topological polar surface area (TPSA) is 61.7 Å². The number of para-hydroxylation sites is 2. The number of hydrogen-bond acceptors (Lipinski definition) is 4. The van der Waals surface area contributed by atoms with Gasteiger partial charge in [0, 0.05) is 26.7 Å². The predicted molar refractivity (Wildman–Crippen MR) is 140 cm³/mol. The summed E-state index contributed by atoms with van der Waals surface area (Å²) in [5, 5.41) is 2.20. The van der Waals surface area contributed by atoms with Crippen LogP contribution in [0.25, 0.3) is 21.8 Å². The lowest BCUT2D eigenvalue weighted by molar-refractivity contribution is -0.136. The number of carbonyl (C=O) groups excluding carboxylic acids is 2. The molecule has 1 aromatic heterocycles. The lowest BCUT2D eigenvalue weighted by Gasteiger charge is -2.41. The van der Waals surface area contributed by atoms with Crippen LogP contribution in [-0.2, 0) is 24.9 Å². The number of likely N-dealkylation sites (N-methyl/N-ethyl adjacent to an activating group) is 1. The van der Waals surface area contributed by atoms with E-state index in [0.717, 1.165) is 52.8 Å². The van der Waals surface area contributed by atoms with Crippen LogP contribution in [0.3, 0.4) is 0 Å². The number of carbonyl (C=O) groups is 2. The third-order valence-corrected chi connectivity index (χ3v) is 8.07. The number of aromatic nitrogens is 2. The first-order valence-electron chi connectivity index (χ1n) is 12.7. The molecule has 1 spiro atoms. The third kappa shape index (κ3) is 3.49. The van der Waals surface area contributed by atoms with Gasteiger partial charge in [-0.25, -0.2) is 9.78 Å². The summed E-state index contributed by atoms with van der Waals surface area (Å²) in [6.45, 7) is 5.04. The number of rotatable bonds is 5. The number of hydrogen-bond donors (Lipinski definition) is 0. The Morgan fingerprint density at radius 3 is 2.39 bits per heavy atom. The molecule has 2 saturated heterocycles. The van der Waals surface area contributed by atoms with Crippen LogP contribution in [0.5, 0.6) is 0 Å². The maximum atomic E-state index is 13.9. The van der Waals surface area contributed by atoms with Gasteiger partial charge in [-0.2, -0.15) is 0 Å². The van der Waals surface area contributed by atoms with Gasteiger partial charge in [0.2, 0.25) is 0 Å². The van der Waals surface area contributed by atoms with E-state index in [1.165, 1.54) is 4.90 Å². The highest BCUT2D eigenvalue weighted by Gasteiger charge is 2.57. The van der Waals surface area contributed by atoms with E-state index in [9.17, 15) is 9.59 Å². The second kappa shape index (κ2) is 8.75. The number of likely N-dealkylation sites (tertiary alicyclic amines) is 1. The Morgan fingerprint density at radius 2 is 1.61 bits per heavy atom. The molecule has 0 radical (unpaired) electrons. The van der Waals surface area contributed by atoms with Crippen molar-refractivity contribution in [2.45, 2.75) is 38.4 Å². The van der Waals surface area contributed by atoms with Crippen molar-refractivity contribution in [3.63, 3.8) is 0 Å². The number of fused-ring (bicyclic) bond motifs is 2. The van der Waals surface area contributed by atoms with Gasteiger partial charge >= 0.3 is 6.03 Å². The van der Waals surface area contributed by atoms with Crippen LogP contribution in [-0.4, -0.2) is 61.4 Å². The average Bonchev–Trinajstić information content (AvgIpc) is 3.32. The molecule has 4 aromatic rings. The zero-order valence-corrected chi connectivity index (χ0v) is 20.9. The molecule has 0 unspecified atom stereocenters. The standard InChI is InChI=1S/C29H31N5O2/c1-3-34-28(36)33(19-22-11-8-10-21-9-4-5-12-23(21)22)27(35)29(34)15-17-32(18-16-29)20-26-30-24-13-6-7-14-25(24)31(26)2/h4-14H,3,15-20H2,1-2H3. The van der Waals surface area contributed by atoms with Gasteiger partial charge in [-0.1, -0.05) is 54.6 Å². The Hall–Kier alpha value is -3.71. The molecule has 7 heteroatoms. The highest BCUT2D eigenvalue weighted by atomic mass is 16.2. The largest absolute Gasteiger partial charge is 0.330 e. The number of amides is 3. The molecule has 0 atom stereocenters. The molecule has 3 aromatic carbocycles. The second-order valence-electron chi connectivity index (χ2n) is 9.94. The summed E-state index contributed by atoms with van der Waals surface area (Å²) in [7, 11) is 2.05. The van der Waals surface area contributed by atoms with Gasteiger partial charge in [0.25, 0.3) is 5.91 Å². The second-order valence-corrected chi connectivity index (χ2v) is 9.94. The van der Waals surface area contributed by atoms with E-state index in [1.807, 2.05) is 54.3 Å². The van der Waals surface area contributed by atoms with E-state index in [2.05, 4.69) is 40.8 Å². The van der Waals surface area contributed by atoms with Crippen LogP contribution in [0.4, 0.5) is 4.79 Å². The lowest BCUT2D eigenvalue weighted by Crippen LogP contribution is -2.56. The SMILES string of the molecule is CCN1C(=O)N(Cc2cccc3ccccc23)C(=O)C12CCN(Cc1nc3ccccc3n1C)CC2. The Morgan fingerprint density at radius 1 is 0.889 bits per heavy atom. The summed E-state index contributed by atoms with van der Waals surface area (Å²) in [5.41, 5.74) is 2.38. The number of benzene rings is 3. The van der Waals surface area contributed by atoms with Gasteiger partial charge in [-0.3, -0.25) is 14.6 Å². The summed E-state index contributed by atoms with van der Waals surface area (Å²) < 4.78 is 2.15. The van der Waals surface area contributed by atoms with Crippen molar-refractivity contribution in [3.05, 3.63) is 78.1 Å². The van der Waals surface area contributed by atoms with Crippen molar-refractivity contribution in [2.75, 3.05) is 19.6 Å². The molecule has 2 fully saturated rings. The van der Waals surface area contributed by atoms with Crippen molar-refractivity contribution >= 4 is 33.7 Å². The molecule has 184 valence electrons. The molecular formula is C29H31N5O2.